The van der Waals surface area contributed by atoms with Gasteiger partial charge in [-0.15, -0.1) is 0 Å². The first-order valence-electron chi connectivity index (χ1n) is 7.99. The summed E-state index contributed by atoms with van der Waals surface area (Å²) in [4.78, 5) is 8.57. The molecule has 3 aromatic rings. The number of nitrogens with zero attached hydrogens (tertiary/aromatic N) is 2. The molecule has 0 spiro atoms. The first-order valence-corrected chi connectivity index (χ1v) is 7.99. The second-order valence-corrected chi connectivity index (χ2v) is 5.61. The van der Waals surface area contributed by atoms with Crippen LogP contribution in [0.3, 0.4) is 0 Å². The Hall–Kier alpha value is -3.22. The third-order valence-electron chi connectivity index (χ3n) is 3.70. The summed E-state index contributed by atoms with van der Waals surface area (Å²) in [5.41, 5.74) is 1.35. The SMILES string of the molecule is COc1ccccc1CNc1nc(C)cc(Nc2c(F)cccc2F)n1. The number of halogens is 2. The second-order valence-electron chi connectivity index (χ2n) is 5.61. The van der Waals surface area contributed by atoms with Crippen LogP contribution in [0.1, 0.15) is 11.3 Å². The third-order valence-corrected chi connectivity index (χ3v) is 3.70. The van der Waals surface area contributed by atoms with Crippen molar-refractivity contribution in [1.29, 1.82) is 0 Å². The topological polar surface area (TPSA) is 59.1 Å². The molecule has 1 aromatic heterocycles. The quantitative estimate of drug-likeness (QED) is 0.684. The summed E-state index contributed by atoms with van der Waals surface area (Å²) >= 11 is 0. The van der Waals surface area contributed by atoms with Crippen LogP contribution in [0.2, 0.25) is 0 Å². The Bertz CT molecular complexity index is 898. The van der Waals surface area contributed by atoms with Crippen molar-refractivity contribution in [2.75, 3.05) is 17.7 Å². The molecule has 5 nitrogen and oxygen atoms in total. The maximum Gasteiger partial charge on any atom is 0.225 e. The summed E-state index contributed by atoms with van der Waals surface area (Å²) in [6, 6.07) is 12.9. The molecule has 0 amide bonds. The van der Waals surface area contributed by atoms with Crippen molar-refractivity contribution in [2.24, 2.45) is 0 Å². The standard InChI is InChI=1S/C19H18F2N4O/c1-12-10-17(24-18-14(20)7-5-8-15(18)21)25-19(23-12)22-11-13-6-3-4-9-16(13)26-2/h3-10H,11H2,1-2H3,(H2,22,23,24,25). The largest absolute Gasteiger partial charge is 0.496 e. The maximum absolute atomic E-state index is 13.8. The molecule has 1 heterocycles. The molecule has 0 atom stereocenters. The number of para-hydroxylation sites is 2. The highest BCUT2D eigenvalue weighted by molar-refractivity contribution is 5.59. The molecule has 2 N–H and O–H groups in total. The molecular formula is C19H18F2N4O. The smallest absolute Gasteiger partial charge is 0.225 e. The first kappa shape index (κ1) is 17.6. The van der Waals surface area contributed by atoms with Gasteiger partial charge in [0.2, 0.25) is 5.95 Å². The van der Waals surface area contributed by atoms with Gasteiger partial charge >= 0.3 is 0 Å². The van der Waals surface area contributed by atoms with E-state index >= 15 is 0 Å². The lowest BCUT2D eigenvalue weighted by Gasteiger charge is -2.12. The Balaban J connectivity index is 1.79. The van der Waals surface area contributed by atoms with Gasteiger partial charge in [0, 0.05) is 23.9 Å². The van der Waals surface area contributed by atoms with E-state index in [0.717, 1.165) is 11.3 Å². The second kappa shape index (κ2) is 7.77. The summed E-state index contributed by atoms with van der Waals surface area (Å²) < 4.78 is 32.9. The Labute approximate surface area is 150 Å². The van der Waals surface area contributed by atoms with Crippen LogP contribution in [-0.2, 0) is 6.54 Å². The maximum atomic E-state index is 13.8. The summed E-state index contributed by atoms with van der Waals surface area (Å²) in [7, 11) is 1.60. The Morgan fingerprint density at radius 2 is 1.73 bits per heavy atom. The molecule has 2 aromatic carbocycles. The molecule has 3 rings (SSSR count). The zero-order chi connectivity index (χ0) is 18.5. The highest BCUT2D eigenvalue weighted by atomic mass is 19.1. The van der Waals surface area contributed by atoms with Crippen LogP contribution in [0.4, 0.5) is 26.2 Å². The van der Waals surface area contributed by atoms with Gasteiger partial charge in [-0.2, -0.15) is 4.98 Å². The van der Waals surface area contributed by atoms with Gasteiger partial charge in [0.1, 0.15) is 28.9 Å². The average Bonchev–Trinajstić information content (AvgIpc) is 2.63. The minimum Gasteiger partial charge on any atom is -0.496 e. The number of anilines is 3. The van der Waals surface area contributed by atoms with E-state index in [0.29, 0.717) is 24.0 Å². The van der Waals surface area contributed by atoms with Crippen LogP contribution >= 0.6 is 0 Å². The number of nitrogens with one attached hydrogen (secondary N) is 2. The third kappa shape index (κ3) is 4.05. The number of ether oxygens (including phenoxy) is 1. The fraction of sp³-hybridized carbons (Fsp3) is 0.158. The number of methoxy groups -OCH3 is 1. The predicted molar refractivity (Wildman–Crippen MR) is 96.7 cm³/mol. The van der Waals surface area contributed by atoms with Crippen molar-refractivity contribution in [2.45, 2.75) is 13.5 Å². The molecule has 26 heavy (non-hydrogen) atoms. The molecule has 7 heteroatoms. The molecule has 0 bridgehead atoms. The van der Waals surface area contributed by atoms with E-state index in [4.69, 9.17) is 4.74 Å². The van der Waals surface area contributed by atoms with Gasteiger partial charge < -0.3 is 15.4 Å². The van der Waals surface area contributed by atoms with Crippen molar-refractivity contribution in [3.8, 4) is 5.75 Å². The van der Waals surface area contributed by atoms with E-state index in [9.17, 15) is 8.78 Å². The van der Waals surface area contributed by atoms with Crippen molar-refractivity contribution in [1.82, 2.24) is 9.97 Å². The molecule has 0 aliphatic rings. The number of aromatic nitrogens is 2. The fourth-order valence-electron chi connectivity index (χ4n) is 2.48. The molecule has 0 saturated carbocycles. The van der Waals surface area contributed by atoms with Crippen LogP contribution < -0.4 is 15.4 Å². The first-order chi connectivity index (χ1) is 12.6. The predicted octanol–water partition coefficient (Wildman–Crippen LogP) is 4.43. The van der Waals surface area contributed by atoms with E-state index in [-0.39, 0.29) is 5.69 Å². The highest BCUT2D eigenvalue weighted by Crippen LogP contribution is 2.23. The Kier molecular flexibility index (Phi) is 5.26. The van der Waals surface area contributed by atoms with Crippen LogP contribution in [0.5, 0.6) is 5.75 Å². The molecule has 0 saturated heterocycles. The number of hydrogen-bond donors (Lipinski definition) is 2. The summed E-state index contributed by atoms with van der Waals surface area (Å²) in [5.74, 6) is 0.00759. The number of hydrogen-bond acceptors (Lipinski definition) is 5. The van der Waals surface area contributed by atoms with E-state index in [1.54, 1.807) is 20.1 Å². The van der Waals surface area contributed by atoms with Gasteiger partial charge in [-0.25, -0.2) is 13.8 Å². The van der Waals surface area contributed by atoms with Crippen LogP contribution in [0.25, 0.3) is 0 Å². The van der Waals surface area contributed by atoms with Gasteiger partial charge in [0.15, 0.2) is 0 Å². The minimum atomic E-state index is -0.690. The van der Waals surface area contributed by atoms with E-state index in [1.165, 1.54) is 18.2 Å². The molecule has 0 aliphatic heterocycles. The lowest BCUT2D eigenvalue weighted by atomic mass is 10.2. The van der Waals surface area contributed by atoms with Gasteiger partial charge in [-0.05, 0) is 25.1 Å². The Morgan fingerprint density at radius 1 is 1.00 bits per heavy atom. The van der Waals surface area contributed by atoms with Gasteiger partial charge in [0.05, 0.1) is 7.11 Å². The Morgan fingerprint density at radius 3 is 2.46 bits per heavy atom. The number of benzene rings is 2. The van der Waals surface area contributed by atoms with Crippen molar-refractivity contribution in [3.63, 3.8) is 0 Å². The molecule has 0 radical (unpaired) electrons. The minimum absolute atomic E-state index is 0.249. The van der Waals surface area contributed by atoms with E-state index in [2.05, 4.69) is 20.6 Å². The summed E-state index contributed by atoms with van der Waals surface area (Å²) in [6.45, 7) is 2.22. The van der Waals surface area contributed by atoms with Crippen LogP contribution in [0.15, 0.2) is 48.5 Å². The molecular weight excluding hydrogens is 338 g/mol. The van der Waals surface area contributed by atoms with Crippen molar-refractivity contribution >= 4 is 17.5 Å². The zero-order valence-electron chi connectivity index (χ0n) is 14.4. The normalized spacial score (nSPS) is 10.5. The summed E-state index contributed by atoms with van der Waals surface area (Å²) in [5, 5.41) is 5.78. The van der Waals surface area contributed by atoms with E-state index < -0.39 is 11.6 Å². The van der Waals surface area contributed by atoms with Gasteiger partial charge in [-0.3, -0.25) is 0 Å². The van der Waals surface area contributed by atoms with Crippen LogP contribution in [0, 0.1) is 18.6 Å². The van der Waals surface area contributed by atoms with Gasteiger partial charge in [0.25, 0.3) is 0 Å². The lowest BCUT2D eigenvalue weighted by molar-refractivity contribution is 0.410. The van der Waals surface area contributed by atoms with Crippen molar-refractivity contribution < 1.29 is 13.5 Å². The number of aryl methyl sites for hydroxylation is 1. The van der Waals surface area contributed by atoms with Gasteiger partial charge in [-0.1, -0.05) is 24.3 Å². The molecule has 0 aliphatic carbocycles. The molecule has 0 fully saturated rings. The van der Waals surface area contributed by atoms with E-state index in [1.807, 2.05) is 24.3 Å². The fourth-order valence-corrected chi connectivity index (χ4v) is 2.48. The van der Waals surface area contributed by atoms with Crippen molar-refractivity contribution in [3.05, 3.63) is 71.4 Å². The monoisotopic (exact) mass is 356 g/mol. The lowest BCUT2D eigenvalue weighted by Crippen LogP contribution is -2.08. The molecule has 0 unspecified atom stereocenters. The molecule has 134 valence electrons. The number of rotatable bonds is 6. The highest BCUT2D eigenvalue weighted by Gasteiger charge is 2.11. The van der Waals surface area contributed by atoms with Crippen LogP contribution in [-0.4, -0.2) is 17.1 Å². The summed E-state index contributed by atoms with van der Waals surface area (Å²) in [6.07, 6.45) is 0. The zero-order valence-corrected chi connectivity index (χ0v) is 14.4. The average molecular weight is 356 g/mol.